The minimum absolute atomic E-state index is 0.396. The molecule has 0 heterocycles. The second-order valence-corrected chi connectivity index (χ2v) is 4.26. The normalized spacial score (nSPS) is 35.1. The Morgan fingerprint density at radius 2 is 1.91 bits per heavy atom. The fraction of sp³-hybridized carbons (Fsp3) is 1.00. The molecule has 0 saturated heterocycles. The van der Waals surface area contributed by atoms with Crippen molar-refractivity contribution in [3.05, 3.63) is 0 Å². The van der Waals surface area contributed by atoms with Crippen LogP contribution in [0.15, 0.2) is 0 Å². The van der Waals surface area contributed by atoms with Gasteiger partial charge in [-0.15, -0.1) is 0 Å². The van der Waals surface area contributed by atoms with Crippen LogP contribution >= 0.6 is 0 Å². The molecule has 66 valence electrons. The van der Waals surface area contributed by atoms with Crippen molar-refractivity contribution in [3.63, 3.8) is 0 Å². The molecular weight excluding hydrogens is 165 g/mol. The van der Waals surface area contributed by atoms with Crippen LogP contribution < -0.4 is 5.14 Å². The molecule has 4 heteroatoms. The maximum Gasteiger partial charge on any atom is 0.100 e. The lowest BCUT2D eigenvalue weighted by Crippen LogP contribution is -2.22. The van der Waals surface area contributed by atoms with Gasteiger partial charge in [0, 0.05) is 5.75 Å². The zero-order valence-corrected chi connectivity index (χ0v) is 7.28. The van der Waals surface area contributed by atoms with Gasteiger partial charge in [0.25, 0.3) is 0 Å². The van der Waals surface area contributed by atoms with Gasteiger partial charge in [0.15, 0.2) is 0 Å². The topological polar surface area (TPSA) is 43.1 Å². The predicted octanol–water partition coefficient (Wildman–Crippen LogP) is 1.14. The van der Waals surface area contributed by atoms with E-state index in [1.54, 1.807) is 0 Å². The summed E-state index contributed by atoms with van der Waals surface area (Å²) in [6.07, 6.45) is 2.33. The molecule has 1 aliphatic rings. The van der Waals surface area contributed by atoms with Crippen molar-refractivity contribution in [3.8, 4) is 0 Å². The predicted molar refractivity (Wildman–Crippen MR) is 44.1 cm³/mol. The first-order valence-electron chi connectivity index (χ1n) is 3.95. The zero-order valence-electron chi connectivity index (χ0n) is 6.46. The summed E-state index contributed by atoms with van der Waals surface area (Å²) < 4.78 is 23.2. The van der Waals surface area contributed by atoms with E-state index < -0.39 is 17.2 Å². The first-order chi connectivity index (χ1) is 5.18. The van der Waals surface area contributed by atoms with Gasteiger partial charge in [0.2, 0.25) is 0 Å². The van der Waals surface area contributed by atoms with Gasteiger partial charge in [-0.3, -0.25) is 5.14 Å². The largest absolute Gasteiger partial charge is 0.252 e. The smallest absolute Gasteiger partial charge is 0.100 e. The van der Waals surface area contributed by atoms with E-state index in [0.717, 1.165) is 12.8 Å². The molecule has 0 bridgehead atoms. The molecule has 0 radical (unpaired) electrons. The maximum absolute atomic E-state index is 12.6. The molecule has 1 rings (SSSR count). The van der Waals surface area contributed by atoms with Crippen LogP contribution in [0, 0.1) is 5.92 Å². The van der Waals surface area contributed by atoms with Crippen LogP contribution in [0.3, 0.4) is 0 Å². The summed E-state index contributed by atoms with van der Waals surface area (Å²) in [4.78, 5) is 0. The molecule has 0 spiro atoms. The number of hydrogen-bond donors (Lipinski definition) is 1. The van der Waals surface area contributed by atoms with Crippen LogP contribution in [-0.2, 0) is 11.0 Å². The van der Waals surface area contributed by atoms with Crippen LogP contribution in [0.5, 0.6) is 0 Å². The van der Waals surface area contributed by atoms with E-state index in [9.17, 15) is 8.60 Å². The Morgan fingerprint density at radius 3 is 2.36 bits per heavy atom. The SMILES string of the molecule is NS(=O)CC1CCC(F)CC1. The first kappa shape index (κ1) is 9.13. The summed E-state index contributed by atoms with van der Waals surface area (Å²) in [5.41, 5.74) is 0. The third kappa shape index (κ3) is 3.29. The molecule has 0 aromatic carbocycles. The van der Waals surface area contributed by atoms with Gasteiger partial charge in [0.05, 0.1) is 11.0 Å². The van der Waals surface area contributed by atoms with Gasteiger partial charge >= 0.3 is 0 Å². The summed E-state index contributed by atoms with van der Waals surface area (Å²) in [5, 5.41) is 5.14. The molecule has 1 saturated carbocycles. The Kier molecular flexibility index (Phi) is 3.45. The van der Waals surface area contributed by atoms with Crippen molar-refractivity contribution in [2.75, 3.05) is 5.75 Å². The second kappa shape index (κ2) is 4.16. The van der Waals surface area contributed by atoms with E-state index in [4.69, 9.17) is 5.14 Å². The van der Waals surface area contributed by atoms with Crippen LogP contribution in [0.4, 0.5) is 4.39 Å². The Bertz CT molecular complexity index is 145. The third-order valence-corrected chi connectivity index (χ3v) is 2.98. The molecule has 1 fully saturated rings. The molecule has 1 atom stereocenters. The van der Waals surface area contributed by atoms with Crippen molar-refractivity contribution in [2.24, 2.45) is 11.1 Å². The van der Waals surface area contributed by atoms with E-state index in [1.807, 2.05) is 0 Å². The zero-order chi connectivity index (χ0) is 8.27. The van der Waals surface area contributed by atoms with Crippen molar-refractivity contribution >= 4 is 11.0 Å². The Labute approximate surface area is 68.9 Å². The number of hydrogen-bond acceptors (Lipinski definition) is 1. The van der Waals surface area contributed by atoms with Gasteiger partial charge in [0.1, 0.15) is 6.17 Å². The standard InChI is InChI=1S/C7H14FNOS/c8-7-3-1-6(2-4-7)5-11(9)10/h6-7H,1-5,9H2. The molecule has 1 aliphatic carbocycles. The monoisotopic (exact) mass is 179 g/mol. The maximum atomic E-state index is 12.6. The average molecular weight is 179 g/mol. The molecule has 2 nitrogen and oxygen atoms in total. The first-order valence-corrected chi connectivity index (χ1v) is 5.33. The quantitative estimate of drug-likeness (QED) is 0.678. The number of nitrogens with two attached hydrogens (primary N) is 1. The van der Waals surface area contributed by atoms with Crippen molar-refractivity contribution < 1.29 is 8.60 Å². The molecule has 0 aliphatic heterocycles. The Morgan fingerprint density at radius 1 is 1.36 bits per heavy atom. The second-order valence-electron chi connectivity index (χ2n) is 3.17. The molecule has 0 aromatic heterocycles. The number of rotatable bonds is 2. The number of halogens is 1. The van der Waals surface area contributed by atoms with Crippen molar-refractivity contribution in [1.82, 2.24) is 0 Å². The van der Waals surface area contributed by atoms with Gasteiger partial charge in [-0.05, 0) is 31.6 Å². The lowest BCUT2D eigenvalue weighted by molar-refractivity contribution is 0.217. The Balaban J connectivity index is 2.22. The fourth-order valence-electron chi connectivity index (χ4n) is 1.52. The van der Waals surface area contributed by atoms with Crippen LogP contribution in [0.25, 0.3) is 0 Å². The molecule has 1 unspecified atom stereocenters. The summed E-state index contributed by atoms with van der Waals surface area (Å²) >= 11 is 0. The van der Waals surface area contributed by atoms with E-state index in [2.05, 4.69) is 0 Å². The third-order valence-electron chi connectivity index (χ3n) is 2.18. The van der Waals surface area contributed by atoms with Gasteiger partial charge in [-0.1, -0.05) is 0 Å². The van der Waals surface area contributed by atoms with Crippen molar-refractivity contribution in [1.29, 1.82) is 0 Å². The van der Waals surface area contributed by atoms with Crippen molar-refractivity contribution in [2.45, 2.75) is 31.9 Å². The summed E-state index contributed by atoms with van der Waals surface area (Å²) in [5.74, 6) is 0.944. The lowest BCUT2D eigenvalue weighted by atomic mass is 9.90. The fourth-order valence-corrected chi connectivity index (χ4v) is 2.32. The highest BCUT2D eigenvalue weighted by Gasteiger charge is 2.21. The van der Waals surface area contributed by atoms with Crippen LogP contribution in [0.1, 0.15) is 25.7 Å². The summed E-state index contributed by atoms with van der Waals surface area (Å²) in [6, 6.07) is 0. The van der Waals surface area contributed by atoms with E-state index >= 15 is 0 Å². The Hall–Kier alpha value is 0.0400. The number of alkyl halides is 1. The molecule has 11 heavy (non-hydrogen) atoms. The minimum Gasteiger partial charge on any atom is -0.252 e. The van der Waals surface area contributed by atoms with E-state index in [1.165, 1.54) is 0 Å². The van der Waals surface area contributed by atoms with E-state index in [0.29, 0.717) is 24.5 Å². The summed E-state index contributed by atoms with van der Waals surface area (Å²) in [7, 11) is -1.20. The van der Waals surface area contributed by atoms with E-state index in [-0.39, 0.29) is 0 Å². The molecule has 0 aromatic rings. The average Bonchev–Trinajstić information content (AvgIpc) is 1.93. The summed E-state index contributed by atoms with van der Waals surface area (Å²) in [6.45, 7) is 0. The molecule has 0 amide bonds. The highest BCUT2D eigenvalue weighted by molar-refractivity contribution is 7.82. The van der Waals surface area contributed by atoms with Crippen LogP contribution in [0.2, 0.25) is 0 Å². The van der Waals surface area contributed by atoms with Crippen LogP contribution in [-0.4, -0.2) is 16.1 Å². The highest BCUT2D eigenvalue weighted by atomic mass is 32.2. The molecular formula is C7H14FNOS. The van der Waals surface area contributed by atoms with Gasteiger partial charge in [-0.25, -0.2) is 8.60 Å². The lowest BCUT2D eigenvalue weighted by Gasteiger charge is -2.22. The van der Waals surface area contributed by atoms with Gasteiger partial charge in [-0.2, -0.15) is 0 Å². The molecule has 2 N–H and O–H groups in total. The highest BCUT2D eigenvalue weighted by Crippen LogP contribution is 2.26. The van der Waals surface area contributed by atoms with Gasteiger partial charge < -0.3 is 0 Å². The minimum atomic E-state index is -1.20.